The number of ether oxygens (including phenoxy) is 2. The highest BCUT2D eigenvalue weighted by Crippen LogP contribution is 2.31. The first-order valence-corrected chi connectivity index (χ1v) is 11.3. The molecule has 1 aromatic heterocycles. The second kappa shape index (κ2) is 8.65. The van der Waals surface area contributed by atoms with Crippen molar-refractivity contribution in [2.45, 2.75) is 23.6 Å². The molecule has 1 atom stereocenters. The molecule has 1 aliphatic rings. The predicted octanol–water partition coefficient (Wildman–Crippen LogP) is 5.18. The average Bonchev–Trinajstić information content (AvgIpc) is 2.81. The van der Waals surface area contributed by atoms with Crippen LogP contribution < -0.4 is 15.0 Å². The van der Waals surface area contributed by atoms with Gasteiger partial charge in [-0.05, 0) is 42.0 Å². The minimum absolute atomic E-state index is 0.0772. The van der Waals surface area contributed by atoms with Crippen LogP contribution in [-0.4, -0.2) is 22.3 Å². The minimum atomic E-state index is -0.287. The number of aromatic nitrogens is 2. The molecule has 0 spiro atoms. The molecule has 0 aliphatic carbocycles. The van der Waals surface area contributed by atoms with Crippen LogP contribution in [0, 0.1) is 0 Å². The van der Waals surface area contributed by atoms with Gasteiger partial charge in [-0.15, -0.1) is 0 Å². The Morgan fingerprint density at radius 3 is 2.58 bits per heavy atom. The van der Waals surface area contributed by atoms with Gasteiger partial charge < -0.3 is 9.47 Å². The summed E-state index contributed by atoms with van der Waals surface area (Å²) in [6.45, 7) is 0.728. The van der Waals surface area contributed by atoms with E-state index in [1.54, 1.807) is 4.57 Å². The highest BCUT2D eigenvalue weighted by Gasteiger charge is 2.23. The Balaban J connectivity index is 1.46. The van der Waals surface area contributed by atoms with Gasteiger partial charge in [0, 0.05) is 10.8 Å². The molecular formula is C24H19ClN2O3S. The molecule has 1 aliphatic heterocycles. The molecule has 2 heterocycles. The Labute approximate surface area is 188 Å². The van der Waals surface area contributed by atoms with Gasteiger partial charge >= 0.3 is 0 Å². The number of thioether (sulfide) groups is 1. The molecule has 0 N–H and O–H groups in total. The minimum Gasteiger partial charge on any atom is -0.486 e. The van der Waals surface area contributed by atoms with Gasteiger partial charge in [0.05, 0.1) is 17.4 Å². The molecule has 31 heavy (non-hydrogen) atoms. The smallest absolute Gasteiger partial charge is 0.262 e. The van der Waals surface area contributed by atoms with Crippen molar-refractivity contribution >= 4 is 34.3 Å². The Morgan fingerprint density at radius 1 is 1.00 bits per heavy atom. The molecule has 4 aromatic rings. The van der Waals surface area contributed by atoms with Crippen molar-refractivity contribution in [2.75, 3.05) is 6.61 Å². The monoisotopic (exact) mass is 450 g/mol. The van der Waals surface area contributed by atoms with Crippen LogP contribution in [0.15, 0.2) is 82.7 Å². The molecule has 0 radical (unpaired) electrons. The van der Waals surface area contributed by atoms with Gasteiger partial charge in [-0.25, -0.2) is 4.98 Å². The van der Waals surface area contributed by atoms with E-state index in [0.717, 1.165) is 11.3 Å². The number of rotatable bonds is 5. The Bertz CT molecular complexity index is 1290. The third kappa shape index (κ3) is 4.27. The third-order valence-electron chi connectivity index (χ3n) is 5.06. The first kappa shape index (κ1) is 20.0. The maximum atomic E-state index is 13.3. The third-order valence-corrected chi connectivity index (χ3v) is 6.36. The summed E-state index contributed by atoms with van der Waals surface area (Å²) in [5.74, 6) is 2.09. The van der Waals surface area contributed by atoms with Crippen LogP contribution >= 0.6 is 23.4 Å². The van der Waals surface area contributed by atoms with Crippen LogP contribution in [-0.2, 0) is 12.3 Å². The lowest BCUT2D eigenvalue weighted by Gasteiger charge is -2.27. The summed E-state index contributed by atoms with van der Waals surface area (Å²) in [5.41, 5.74) is 1.72. The number of para-hydroxylation sites is 3. The Morgan fingerprint density at radius 2 is 1.74 bits per heavy atom. The molecule has 0 amide bonds. The van der Waals surface area contributed by atoms with E-state index in [1.165, 1.54) is 11.8 Å². The van der Waals surface area contributed by atoms with Crippen molar-refractivity contribution in [1.82, 2.24) is 9.55 Å². The molecule has 7 heteroatoms. The van der Waals surface area contributed by atoms with Crippen LogP contribution in [0.5, 0.6) is 11.5 Å². The molecule has 0 saturated carbocycles. The van der Waals surface area contributed by atoms with Gasteiger partial charge in [0.25, 0.3) is 5.56 Å². The highest BCUT2D eigenvalue weighted by molar-refractivity contribution is 7.98. The molecule has 1 unspecified atom stereocenters. The molecule has 3 aromatic carbocycles. The lowest BCUT2D eigenvalue weighted by molar-refractivity contribution is 0.0757. The van der Waals surface area contributed by atoms with Crippen LogP contribution in [0.1, 0.15) is 5.56 Å². The summed E-state index contributed by atoms with van der Waals surface area (Å²) in [6, 6.07) is 22.7. The maximum absolute atomic E-state index is 13.3. The highest BCUT2D eigenvalue weighted by atomic mass is 35.5. The van der Waals surface area contributed by atoms with Crippen LogP contribution in [0.4, 0.5) is 0 Å². The number of benzene rings is 3. The van der Waals surface area contributed by atoms with Crippen molar-refractivity contribution in [3.63, 3.8) is 0 Å². The van der Waals surface area contributed by atoms with E-state index in [4.69, 9.17) is 26.1 Å². The largest absolute Gasteiger partial charge is 0.486 e. The molecule has 0 saturated heterocycles. The van der Waals surface area contributed by atoms with E-state index in [9.17, 15) is 4.79 Å². The average molecular weight is 451 g/mol. The van der Waals surface area contributed by atoms with Crippen molar-refractivity contribution in [3.8, 4) is 11.5 Å². The van der Waals surface area contributed by atoms with E-state index >= 15 is 0 Å². The number of hydrogen-bond donors (Lipinski definition) is 0. The second-order valence-electron chi connectivity index (χ2n) is 7.24. The van der Waals surface area contributed by atoms with Gasteiger partial charge in [-0.2, -0.15) is 0 Å². The zero-order valence-electron chi connectivity index (χ0n) is 16.5. The van der Waals surface area contributed by atoms with Gasteiger partial charge in [0.2, 0.25) is 0 Å². The van der Waals surface area contributed by atoms with Crippen molar-refractivity contribution < 1.29 is 9.47 Å². The Hall–Kier alpha value is -2.96. The topological polar surface area (TPSA) is 53.4 Å². The number of halogens is 1. The van der Waals surface area contributed by atoms with Crippen molar-refractivity contribution in [3.05, 3.63) is 93.7 Å². The normalized spacial score (nSPS) is 15.2. The lowest BCUT2D eigenvalue weighted by Crippen LogP contribution is -2.37. The zero-order chi connectivity index (χ0) is 21.2. The summed E-state index contributed by atoms with van der Waals surface area (Å²) < 4.78 is 13.6. The predicted molar refractivity (Wildman–Crippen MR) is 123 cm³/mol. The zero-order valence-corrected chi connectivity index (χ0v) is 18.1. The first-order valence-electron chi connectivity index (χ1n) is 9.93. The fourth-order valence-corrected chi connectivity index (χ4v) is 4.59. The van der Waals surface area contributed by atoms with Crippen LogP contribution in [0.25, 0.3) is 10.9 Å². The molecule has 5 rings (SSSR count). The fraction of sp³-hybridized carbons (Fsp3) is 0.167. The first-order chi connectivity index (χ1) is 15.2. The van der Waals surface area contributed by atoms with Gasteiger partial charge in [0.1, 0.15) is 6.61 Å². The lowest BCUT2D eigenvalue weighted by atomic mass is 10.2. The standard InChI is InChI=1S/C24H19ClN2O3S/c25-17-11-9-16(10-12-17)15-31-24-26-20-6-2-1-5-19(20)23(28)27(24)13-18-14-29-21-7-3-4-8-22(21)30-18/h1-12,18H,13-15H2. The van der Waals surface area contributed by atoms with E-state index in [-0.39, 0.29) is 11.7 Å². The summed E-state index contributed by atoms with van der Waals surface area (Å²) in [5, 5.41) is 1.95. The van der Waals surface area contributed by atoms with Crippen LogP contribution in [0.3, 0.4) is 0 Å². The molecular weight excluding hydrogens is 432 g/mol. The van der Waals surface area contributed by atoms with Crippen molar-refractivity contribution in [1.29, 1.82) is 0 Å². The maximum Gasteiger partial charge on any atom is 0.262 e. The number of hydrogen-bond acceptors (Lipinski definition) is 5. The van der Waals surface area contributed by atoms with Gasteiger partial charge in [-0.1, -0.05) is 59.8 Å². The van der Waals surface area contributed by atoms with Gasteiger partial charge in [-0.3, -0.25) is 9.36 Å². The summed E-state index contributed by atoms with van der Waals surface area (Å²) in [6.07, 6.45) is -0.287. The van der Waals surface area contributed by atoms with E-state index in [1.807, 2.05) is 72.8 Å². The SMILES string of the molecule is O=c1c2ccccc2nc(SCc2ccc(Cl)cc2)n1CC1COc2ccccc2O1. The molecule has 156 valence electrons. The van der Waals surface area contributed by atoms with Gasteiger partial charge in [0.15, 0.2) is 22.8 Å². The second-order valence-corrected chi connectivity index (χ2v) is 8.62. The molecule has 0 bridgehead atoms. The van der Waals surface area contributed by atoms with E-state index < -0.39 is 0 Å². The van der Waals surface area contributed by atoms with E-state index in [2.05, 4.69) is 0 Å². The number of nitrogens with zero attached hydrogens (tertiary/aromatic N) is 2. The molecule has 0 fully saturated rings. The van der Waals surface area contributed by atoms with Crippen molar-refractivity contribution in [2.24, 2.45) is 0 Å². The summed E-state index contributed by atoms with van der Waals surface area (Å²) in [4.78, 5) is 18.1. The number of fused-ring (bicyclic) bond motifs is 2. The fourth-order valence-electron chi connectivity index (χ4n) is 3.50. The summed E-state index contributed by atoms with van der Waals surface area (Å²) >= 11 is 7.52. The summed E-state index contributed by atoms with van der Waals surface area (Å²) in [7, 11) is 0. The van der Waals surface area contributed by atoms with E-state index in [0.29, 0.717) is 45.7 Å². The molecule has 5 nitrogen and oxygen atoms in total. The van der Waals surface area contributed by atoms with Crippen LogP contribution in [0.2, 0.25) is 5.02 Å². The Kier molecular flexibility index (Phi) is 5.57. The quantitative estimate of drug-likeness (QED) is 0.309.